The third-order valence-corrected chi connectivity index (χ3v) is 6.91. The minimum Gasteiger partial charge on any atom is -0.445 e. The van der Waals surface area contributed by atoms with Gasteiger partial charge in [0, 0.05) is 29.0 Å². The number of nitrogens with zero attached hydrogens (tertiary/aromatic N) is 2. The number of carbonyl (C=O) groups is 3. The number of thiazole rings is 1. The second-order valence-electron chi connectivity index (χ2n) is 8.97. The summed E-state index contributed by atoms with van der Waals surface area (Å²) < 4.78 is 5.36. The Morgan fingerprint density at radius 2 is 1.78 bits per heavy atom. The standard InChI is InChI=1S/C26H26N4O5S/c31-20-12-22(30(13-20)26(34)35-14-16-4-2-1-3-5-16)24(33)29-25-28-21(15-36-25)17-8-10-19(11-9-17)27-23(32)18-6-7-18/h1-5,8-11,15,18,20,22,31H,6-7,12-14H2,(H,27,32)(H,28,29,33)/t20-,22?/m1/s1. The van der Waals surface area contributed by atoms with Gasteiger partial charge in [0.2, 0.25) is 11.8 Å². The Labute approximate surface area is 212 Å². The first-order chi connectivity index (χ1) is 17.5. The van der Waals surface area contributed by atoms with Crippen molar-refractivity contribution >= 4 is 40.1 Å². The quantitative estimate of drug-likeness (QED) is 0.447. The molecular formula is C26H26N4O5S. The fourth-order valence-corrected chi connectivity index (χ4v) is 4.76. The molecular weight excluding hydrogens is 480 g/mol. The molecule has 0 bridgehead atoms. The number of hydrogen-bond acceptors (Lipinski definition) is 7. The van der Waals surface area contributed by atoms with Gasteiger partial charge in [-0.15, -0.1) is 11.3 Å². The lowest BCUT2D eigenvalue weighted by Gasteiger charge is -2.22. The van der Waals surface area contributed by atoms with Crippen LogP contribution in [0.2, 0.25) is 0 Å². The minimum atomic E-state index is -0.856. The molecule has 1 aliphatic carbocycles. The molecule has 2 fully saturated rings. The van der Waals surface area contributed by atoms with Crippen molar-refractivity contribution in [2.45, 2.75) is 38.0 Å². The molecule has 186 valence electrons. The van der Waals surface area contributed by atoms with Crippen molar-refractivity contribution in [1.29, 1.82) is 0 Å². The van der Waals surface area contributed by atoms with E-state index in [0.29, 0.717) is 10.8 Å². The Balaban J connectivity index is 1.18. The number of benzene rings is 2. The molecule has 5 rings (SSSR count). The molecule has 1 saturated carbocycles. The predicted octanol–water partition coefficient (Wildman–Crippen LogP) is 3.87. The number of ether oxygens (including phenoxy) is 1. The molecule has 1 unspecified atom stereocenters. The van der Waals surface area contributed by atoms with E-state index in [1.807, 2.05) is 60.0 Å². The maximum atomic E-state index is 13.0. The van der Waals surface area contributed by atoms with E-state index < -0.39 is 24.1 Å². The molecule has 9 nitrogen and oxygen atoms in total. The summed E-state index contributed by atoms with van der Waals surface area (Å²) in [5.41, 5.74) is 3.10. The number of aromatic nitrogens is 1. The van der Waals surface area contributed by atoms with Crippen LogP contribution in [0.4, 0.5) is 15.6 Å². The first-order valence-corrected chi connectivity index (χ1v) is 12.7. The highest BCUT2D eigenvalue weighted by molar-refractivity contribution is 7.14. The molecule has 3 N–H and O–H groups in total. The molecule has 2 atom stereocenters. The molecule has 1 aliphatic heterocycles. The van der Waals surface area contributed by atoms with E-state index >= 15 is 0 Å². The second kappa shape index (κ2) is 10.5. The summed E-state index contributed by atoms with van der Waals surface area (Å²) in [7, 11) is 0. The SMILES string of the molecule is O=C(Nc1ccc(-c2csc(NC(=O)C3C[C@@H](O)CN3C(=O)OCc3ccccc3)n2)cc1)C1CC1. The Hall–Kier alpha value is -3.76. The molecule has 3 amide bonds. The van der Waals surface area contributed by atoms with Crippen molar-refractivity contribution in [2.75, 3.05) is 17.2 Å². The highest BCUT2D eigenvalue weighted by atomic mass is 32.1. The van der Waals surface area contributed by atoms with Gasteiger partial charge in [-0.05, 0) is 30.5 Å². The number of β-amino-alcohol motifs (C(OH)–C–C–N with tert-alkyl or cyclic N) is 1. The molecule has 36 heavy (non-hydrogen) atoms. The van der Waals surface area contributed by atoms with E-state index in [-0.39, 0.29) is 31.4 Å². The van der Waals surface area contributed by atoms with Crippen LogP contribution in [0, 0.1) is 5.92 Å². The van der Waals surface area contributed by atoms with Gasteiger partial charge >= 0.3 is 6.09 Å². The highest BCUT2D eigenvalue weighted by Crippen LogP contribution is 2.31. The van der Waals surface area contributed by atoms with Crippen molar-refractivity contribution in [3.8, 4) is 11.3 Å². The summed E-state index contributed by atoms with van der Waals surface area (Å²) in [5.74, 6) is -0.240. The van der Waals surface area contributed by atoms with Crippen LogP contribution in [0.25, 0.3) is 11.3 Å². The van der Waals surface area contributed by atoms with Gasteiger partial charge in [0.25, 0.3) is 0 Å². The predicted molar refractivity (Wildman–Crippen MR) is 135 cm³/mol. The Bertz CT molecular complexity index is 1240. The van der Waals surface area contributed by atoms with Crippen LogP contribution in [0.5, 0.6) is 0 Å². The highest BCUT2D eigenvalue weighted by Gasteiger charge is 2.40. The molecule has 3 aromatic rings. The number of amides is 3. The summed E-state index contributed by atoms with van der Waals surface area (Å²) in [6, 6.07) is 15.8. The van der Waals surface area contributed by atoms with Crippen molar-refractivity contribution in [3.05, 3.63) is 65.5 Å². The van der Waals surface area contributed by atoms with E-state index in [9.17, 15) is 19.5 Å². The lowest BCUT2D eigenvalue weighted by molar-refractivity contribution is -0.120. The van der Waals surface area contributed by atoms with Gasteiger partial charge in [-0.2, -0.15) is 0 Å². The lowest BCUT2D eigenvalue weighted by Crippen LogP contribution is -2.43. The van der Waals surface area contributed by atoms with Crippen molar-refractivity contribution in [2.24, 2.45) is 5.92 Å². The molecule has 0 spiro atoms. The monoisotopic (exact) mass is 506 g/mol. The summed E-state index contributed by atoms with van der Waals surface area (Å²) in [6.07, 6.45) is 0.561. The van der Waals surface area contributed by atoms with E-state index in [1.165, 1.54) is 16.2 Å². The zero-order chi connectivity index (χ0) is 25.1. The van der Waals surface area contributed by atoms with Crippen LogP contribution in [-0.2, 0) is 20.9 Å². The topological polar surface area (TPSA) is 121 Å². The average Bonchev–Trinajstić information content (AvgIpc) is 3.52. The molecule has 0 radical (unpaired) electrons. The average molecular weight is 507 g/mol. The number of anilines is 2. The third kappa shape index (κ3) is 5.72. The number of aliphatic hydroxyl groups is 1. The number of aliphatic hydroxyl groups excluding tert-OH is 1. The van der Waals surface area contributed by atoms with Crippen molar-refractivity contribution in [3.63, 3.8) is 0 Å². The van der Waals surface area contributed by atoms with E-state index in [0.717, 1.165) is 29.7 Å². The van der Waals surface area contributed by atoms with Crippen LogP contribution in [-0.4, -0.2) is 51.6 Å². The largest absolute Gasteiger partial charge is 0.445 e. The maximum Gasteiger partial charge on any atom is 0.410 e. The zero-order valence-corrected chi connectivity index (χ0v) is 20.2. The number of likely N-dealkylation sites (tertiary alicyclic amines) is 1. The third-order valence-electron chi connectivity index (χ3n) is 6.15. The van der Waals surface area contributed by atoms with Gasteiger partial charge in [-0.3, -0.25) is 14.5 Å². The molecule has 1 saturated heterocycles. The molecule has 2 heterocycles. The maximum absolute atomic E-state index is 13.0. The van der Waals surface area contributed by atoms with Gasteiger partial charge < -0.3 is 20.5 Å². The van der Waals surface area contributed by atoms with Crippen LogP contribution in [0.15, 0.2) is 60.0 Å². The van der Waals surface area contributed by atoms with Gasteiger partial charge in [0.1, 0.15) is 12.6 Å². The summed E-state index contributed by atoms with van der Waals surface area (Å²) in [4.78, 5) is 43.3. The Kier molecular flexibility index (Phi) is 6.97. The minimum absolute atomic E-state index is 0.0263. The number of hydrogen-bond donors (Lipinski definition) is 3. The van der Waals surface area contributed by atoms with Gasteiger partial charge in [0.15, 0.2) is 5.13 Å². The summed E-state index contributed by atoms with van der Waals surface area (Å²) in [6.45, 7) is 0.109. The van der Waals surface area contributed by atoms with Crippen LogP contribution in [0.3, 0.4) is 0 Å². The van der Waals surface area contributed by atoms with Gasteiger partial charge in [-0.1, -0.05) is 42.5 Å². The van der Waals surface area contributed by atoms with E-state index in [4.69, 9.17) is 4.74 Å². The summed E-state index contributed by atoms with van der Waals surface area (Å²) >= 11 is 1.27. The number of carbonyl (C=O) groups excluding carboxylic acids is 3. The first-order valence-electron chi connectivity index (χ1n) is 11.8. The smallest absolute Gasteiger partial charge is 0.410 e. The van der Waals surface area contributed by atoms with Gasteiger partial charge in [-0.25, -0.2) is 9.78 Å². The van der Waals surface area contributed by atoms with Crippen molar-refractivity contribution < 1.29 is 24.2 Å². The van der Waals surface area contributed by atoms with E-state index in [2.05, 4.69) is 15.6 Å². The summed E-state index contributed by atoms with van der Waals surface area (Å²) in [5, 5.41) is 18.0. The number of rotatable bonds is 7. The van der Waals surface area contributed by atoms with Crippen molar-refractivity contribution in [1.82, 2.24) is 9.88 Å². The van der Waals surface area contributed by atoms with Gasteiger partial charge in [0.05, 0.1) is 18.3 Å². The zero-order valence-electron chi connectivity index (χ0n) is 19.4. The Morgan fingerprint density at radius 1 is 1.03 bits per heavy atom. The van der Waals surface area contributed by atoms with Crippen LogP contribution < -0.4 is 10.6 Å². The molecule has 2 aromatic carbocycles. The fourth-order valence-electron chi connectivity index (χ4n) is 4.03. The normalized spacial score (nSPS) is 19.1. The Morgan fingerprint density at radius 3 is 2.50 bits per heavy atom. The second-order valence-corrected chi connectivity index (χ2v) is 9.82. The van der Waals surface area contributed by atoms with Crippen LogP contribution >= 0.6 is 11.3 Å². The molecule has 10 heteroatoms. The van der Waals surface area contributed by atoms with E-state index in [1.54, 1.807) is 0 Å². The fraction of sp³-hybridized carbons (Fsp3) is 0.308. The number of nitrogens with one attached hydrogen (secondary N) is 2. The molecule has 1 aromatic heterocycles. The first kappa shape index (κ1) is 24.0. The van der Waals surface area contributed by atoms with Crippen LogP contribution in [0.1, 0.15) is 24.8 Å². The molecule has 2 aliphatic rings. The lowest BCUT2D eigenvalue weighted by atomic mass is 10.1.